The number of rotatable bonds is 2. The zero-order valence-corrected chi connectivity index (χ0v) is 10.0. The van der Waals surface area contributed by atoms with E-state index in [1.807, 2.05) is 0 Å². The Labute approximate surface area is 102 Å². The quantitative estimate of drug-likeness (QED) is 0.809. The number of hydrogen-bond donors (Lipinski definition) is 2. The summed E-state index contributed by atoms with van der Waals surface area (Å²) in [5.74, 6) is 1.18. The zero-order chi connectivity index (χ0) is 11.8. The summed E-state index contributed by atoms with van der Waals surface area (Å²) in [4.78, 5) is 2.40. The molecule has 1 aromatic carbocycles. The first kappa shape index (κ1) is 11.1. The lowest BCUT2D eigenvalue weighted by Crippen LogP contribution is -2.24. The molecule has 0 aromatic heterocycles. The molecule has 1 aliphatic carbocycles. The highest BCUT2D eigenvalue weighted by Gasteiger charge is 2.41. The predicted molar refractivity (Wildman–Crippen MR) is 68.8 cm³/mol. The van der Waals surface area contributed by atoms with Crippen molar-refractivity contribution >= 4 is 5.69 Å². The molecule has 1 saturated carbocycles. The fraction of sp³-hybridized carbons (Fsp3) is 0.571. The van der Waals surface area contributed by atoms with Gasteiger partial charge in [0.25, 0.3) is 0 Å². The Morgan fingerprint density at radius 1 is 1.18 bits per heavy atom. The van der Waals surface area contributed by atoms with Gasteiger partial charge in [-0.25, -0.2) is 0 Å². The minimum atomic E-state index is -0.0756. The molecule has 2 aliphatic rings. The minimum Gasteiger partial charge on any atom is -0.393 e. The van der Waals surface area contributed by atoms with Gasteiger partial charge in [0.05, 0.1) is 6.10 Å². The molecule has 17 heavy (non-hydrogen) atoms. The largest absolute Gasteiger partial charge is 0.393 e. The van der Waals surface area contributed by atoms with Crippen molar-refractivity contribution in [1.29, 1.82) is 0 Å². The van der Waals surface area contributed by atoms with Crippen LogP contribution in [0.4, 0.5) is 5.69 Å². The van der Waals surface area contributed by atoms with Crippen LogP contribution in [0, 0.1) is 11.8 Å². The predicted octanol–water partition coefficient (Wildman–Crippen LogP) is 1.35. The summed E-state index contributed by atoms with van der Waals surface area (Å²) in [5.41, 5.74) is 8.04. The lowest BCUT2D eigenvalue weighted by atomic mass is 10.00. The maximum absolute atomic E-state index is 9.90. The molecule has 0 amide bonds. The van der Waals surface area contributed by atoms with E-state index in [1.165, 1.54) is 17.7 Å². The summed E-state index contributed by atoms with van der Waals surface area (Å²) in [5, 5.41) is 9.90. The van der Waals surface area contributed by atoms with Gasteiger partial charge in [-0.15, -0.1) is 0 Å². The van der Waals surface area contributed by atoms with Gasteiger partial charge in [0.2, 0.25) is 0 Å². The first-order chi connectivity index (χ1) is 8.28. The van der Waals surface area contributed by atoms with Crippen LogP contribution in [-0.2, 0) is 6.54 Å². The summed E-state index contributed by atoms with van der Waals surface area (Å²) in [6, 6.07) is 8.49. The van der Waals surface area contributed by atoms with Gasteiger partial charge in [-0.1, -0.05) is 12.1 Å². The summed E-state index contributed by atoms with van der Waals surface area (Å²) >= 11 is 0. The summed E-state index contributed by atoms with van der Waals surface area (Å²) in [6.07, 6.45) is 2.10. The van der Waals surface area contributed by atoms with Crippen LogP contribution in [0.3, 0.4) is 0 Å². The van der Waals surface area contributed by atoms with Crippen LogP contribution in [0.5, 0.6) is 0 Å². The molecule has 3 nitrogen and oxygen atoms in total. The third kappa shape index (κ3) is 1.94. The van der Waals surface area contributed by atoms with Crippen molar-refractivity contribution in [2.45, 2.75) is 25.5 Å². The molecule has 0 spiro atoms. The van der Waals surface area contributed by atoms with Crippen LogP contribution in [0.2, 0.25) is 0 Å². The average molecular weight is 232 g/mol. The molecule has 0 radical (unpaired) electrons. The van der Waals surface area contributed by atoms with Gasteiger partial charge >= 0.3 is 0 Å². The second-order valence-electron chi connectivity index (χ2n) is 5.34. The van der Waals surface area contributed by atoms with E-state index in [1.54, 1.807) is 0 Å². The maximum atomic E-state index is 9.90. The van der Waals surface area contributed by atoms with Crippen molar-refractivity contribution in [2.24, 2.45) is 17.6 Å². The van der Waals surface area contributed by atoms with Crippen molar-refractivity contribution in [3.8, 4) is 0 Å². The van der Waals surface area contributed by atoms with Crippen molar-refractivity contribution in [2.75, 3.05) is 18.0 Å². The van der Waals surface area contributed by atoms with Gasteiger partial charge in [0.15, 0.2) is 0 Å². The number of aliphatic hydroxyl groups excluding tert-OH is 1. The Kier molecular flexibility index (Phi) is 2.81. The van der Waals surface area contributed by atoms with Gasteiger partial charge in [0, 0.05) is 31.2 Å². The molecule has 3 heteroatoms. The molecule has 3 N–H and O–H groups in total. The number of anilines is 1. The normalized spacial score (nSPS) is 31.9. The number of aliphatic hydroxyl groups is 1. The van der Waals surface area contributed by atoms with E-state index in [2.05, 4.69) is 29.2 Å². The molecule has 1 heterocycles. The number of fused-ring (bicyclic) bond motifs is 1. The van der Waals surface area contributed by atoms with Gasteiger partial charge in [-0.3, -0.25) is 0 Å². The SMILES string of the molecule is NCc1ccc(N2CC3CCC(O)C3C2)cc1. The molecular weight excluding hydrogens is 212 g/mol. The fourth-order valence-electron chi connectivity index (χ4n) is 3.29. The van der Waals surface area contributed by atoms with Crippen LogP contribution >= 0.6 is 0 Å². The van der Waals surface area contributed by atoms with Crippen molar-refractivity contribution < 1.29 is 5.11 Å². The monoisotopic (exact) mass is 232 g/mol. The first-order valence-electron chi connectivity index (χ1n) is 6.50. The van der Waals surface area contributed by atoms with Crippen molar-refractivity contribution in [1.82, 2.24) is 0 Å². The van der Waals surface area contributed by atoms with Crippen LogP contribution in [-0.4, -0.2) is 24.3 Å². The van der Waals surface area contributed by atoms with Crippen LogP contribution in [0.25, 0.3) is 0 Å². The Hall–Kier alpha value is -1.06. The molecule has 0 bridgehead atoms. The molecule has 1 saturated heterocycles. The van der Waals surface area contributed by atoms with Crippen LogP contribution in [0.15, 0.2) is 24.3 Å². The molecule has 1 aliphatic heterocycles. The van der Waals surface area contributed by atoms with Gasteiger partial charge in [-0.2, -0.15) is 0 Å². The molecule has 3 atom stereocenters. The lowest BCUT2D eigenvalue weighted by molar-refractivity contribution is 0.133. The third-order valence-corrected chi connectivity index (χ3v) is 4.36. The Bertz CT molecular complexity index is 390. The molecule has 1 aromatic rings. The molecule has 2 fully saturated rings. The smallest absolute Gasteiger partial charge is 0.0588 e. The molecule has 3 rings (SSSR count). The zero-order valence-electron chi connectivity index (χ0n) is 10.0. The topological polar surface area (TPSA) is 49.5 Å². The lowest BCUT2D eigenvalue weighted by Gasteiger charge is -2.20. The molecule has 3 unspecified atom stereocenters. The van der Waals surface area contributed by atoms with E-state index in [0.717, 1.165) is 19.5 Å². The van der Waals surface area contributed by atoms with Crippen molar-refractivity contribution in [3.05, 3.63) is 29.8 Å². The standard InChI is InChI=1S/C14H20N2O/c15-7-10-1-4-12(5-2-10)16-8-11-3-6-14(17)13(11)9-16/h1-2,4-5,11,13-14,17H,3,6-9,15H2. The van der Waals surface area contributed by atoms with E-state index in [4.69, 9.17) is 5.73 Å². The Morgan fingerprint density at radius 3 is 2.59 bits per heavy atom. The number of nitrogens with zero attached hydrogens (tertiary/aromatic N) is 1. The average Bonchev–Trinajstić information content (AvgIpc) is 2.92. The number of nitrogens with two attached hydrogens (primary N) is 1. The van der Waals surface area contributed by atoms with E-state index >= 15 is 0 Å². The van der Waals surface area contributed by atoms with E-state index < -0.39 is 0 Å². The maximum Gasteiger partial charge on any atom is 0.0588 e. The van der Waals surface area contributed by atoms with Gasteiger partial charge < -0.3 is 15.7 Å². The summed E-state index contributed by atoms with van der Waals surface area (Å²) in [7, 11) is 0. The number of hydrogen-bond acceptors (Lipinski definition) is 3. The first-order valence-corrected chi connectivity index (χ1v) is 6.50. The van der Waals surface area contributed by atoms with Gasteiger partial charge in [-0.05, 0) is 36.5 Å². The van der Waals surface area contributed by atoms with E-state index in [9.17, 15) is 5.11 Å². The van der Waals surface area contributed by atoms with E-state index in [0.29, 0.717) is 18.4 Å². The third-order valence-electron chi connectivity index (χ3n) is 4.36. The Morgan fingerprint density at radius 2 is 1.94 bits per heavy atom. The molecule has 92 valence electrons. The highest BCUT2D eigenvalue weighted by molar-refractivity contribution is 5.49. The minimum absolute atomic E-state index is 0.0756. The number of benzene rings is 1. The van der Waals surface area contributed by atoms with Crippen molar-refractivity contribution in [3.63, 3.8) is 0 Å². The highest BCUT2D eigenvalue weighted by Crippen LogP contribution is 2.39. The van der Waals surface area contributed by atoms with E-state index in [-0.39, 0.29) is 6.10 Å². The van der Waals surface area contributed by atoms with Crippen LogP contribution < -0.4 is 10.6 Å². The summed E-state index contributed by atoms with van der Waals surface area (Å²) < 4.78 is 0. The highest BCUT2D eigenvalue weighted by atomic mass is 16.3. The fourth-order valence-corrected chi connectivity index (χ4v) is 3.29. The van der Waals surface area contributed by atoms with Gasteiger partial charge in [0.1, 0.15) is 0 Å². The van der Waals surface area contributed by atoms with Crippen LogP contribution in [0.1, 0.15) is 18.4 Å². The second kappa shape index (κ2) is 4.31. The molecular formula is C14H20N2O. The Balaban J connectivity index is 1.73. The second-order valence-corrected chi connectivity index (χ2v) is 5.34. The summed E-state index contributed by atoms with van der Waals surface area (Å²) in [6.45, 7) is 2.71.